The van der Waals surface area contributed by atoms with E-state index in [9.17, 15) is 74.8 Å². The monoisotopic (exact) mass is 2050 g/mol. The predicted molar refractivity (Wildman–Crippen MR) is 545 cm³/mol. The molecule has 10 heterocycles. The Kier molecular flexibility index (Phi) is 35.1. The summed E-state index contributed by atoms with van der Waals surface area (Å²) in [4.78, 5) is 96.5. The van der Waals surface area contributed by atoms with Crippen molar-refractivity contribution in [2.75, 3.05) is 59.7 Å². The molecular weight excluding hydrogens is 1960 g/mol. The van der Waals surface area contributed by atoms with E-state index in [1.165, 1.54) is 96.2 Å². The van der Waals surface area contributed by atoms with Crippen molar-refractivity contribution in [3.63, 3.8) is 0 Å². The number of sulfone groups is 1. The van der Waals surface area contributed by atoms with Gasteiger partial charge in [-0.2, -0.15) is 0 Å². The summed E-state index contributed by atoms with van der Waals surface area (Å²) in [6.07, 6.45) is 21.8. The minimum Gasteiger partial charge on any atom is -0.383 e. The number of nitrogens with one attached hydrogen (secondary N) is 8. The third kappa shape index (κ3) is 29.6. The van der Waals surface area contributed by atoms with E-state index in [1.807, 2.05) is 30.3 Å². The number of nitrogen functional groups attached to an aromatic ring is 3. The van der Waals surface area contributed by atoms with Crippen LogP contribution in [-0.2, 0) is 92.5 Å². The average Bonchev–Trinajstić information content (AvgIpc) is 0.809. The number of benzene rings is 5. The Hall–Kier alpha value is -15.9. The molecule has 3 amide bonds. The number of rotatable bonds is 28. The summed E-state index contributed by atoms with van der Waals surface area (Å²) < 4.78 is 166. The van der Waals surface area contributed by atoms with E-state index in [-0.39, 0.29) is 102 Å². The van der Waals surface area contributed by atoms with Gasteiger partial charge in [-0.3, -0.25) is 53.1 Å². The van der Waals surface area contributed by atoms with Crippen LogP contribution in [0, 0.1) is 18.6 Å². The van der Waals surface area contributed by atoms with Crippen LogP contribution in [0.4, 0.5) is 66.6 Å². The molecule has 0 aliphatic heterocycles. The molecule has 1 aliphatic carbocycles. The van der Waals surface area contributed by atoms with E-state index in [1.54, 1.807) is 172 Å². The Labute approximate surface area is 828 Å². The van der Waals surface area contributed by atoms with Gasteiger partial charge in [-0.1, -0.05) is 91.5 Å². The van der Waals surface area contributed by atoms with Crippen molar-refractivity contribution in [3.8, 4) is 55.6 Å². The Balaban J connectivity index is 0.000000160. The van der Waals surface area contributed by atoms with Crippen LogP contribution in [0.2, 0.25) is 5.02 Å². The number of hydrogen-bond donors (Lipinski definition) is 11. The SMILES string of the molecule is CC(=O)Cc1cc(-c2cncc(NS(=O)(=O)c3ccc(F)cc3F)c2C)ccn1.CC(=O)Nc1cc(-c2cnc(N)c(S(=O)(=O)Cc3ccc(Cl)cc3)c2)ccn1.CC(=O)Nc1cc(-c2cnc(N)c(S(=O)(=O)NC3CCCCC3)c2)ccn1.CC(=O)Nc1cc(-c2cnc(N)c(S(=O)(=O)Nc3ccc4ccccc4c3)c2)ccn1.CNc1ncc(-c2ccnc(CC(C)=O)c2)cc1S(=O)(=O)Nc1ccccc1. The van der Waals surface area contributed by atoms with Crippen LogP contribution in [-0.4, -0.2) is 134 Å². The number of nitrogens with two attached hydrogens (primary N) is 3. The average molecular weight is 2050 g/mol. The number of amides is 3. The van der Waals surface area contributed by atoms with Crippen molar-refractivity contribution < 1.29 is 74.8 Å². The largest absolute Gasteiger partial charge is 0.383 e. The molecule has 0 atom stereocenters. The molecule has 738 valence electrons. The zero-order valence-electron chi connectivity index (χ0n) is 77.6. The molecular formula is C99H96ClF2N21O15S5. The van der Waals surface area contributed by atoms with Crippen molar-refractivity contribution >= 4 is 159 Å². The summed E-state index contributed by atoms with van der Waals surface area (Å²) >= 11 is 5.85. The van der Waals surface area contributed by atoms with Crippen molar-refractivity contribution in [1.29, 1.82) is 0 Å². The van der Waals surface area contributed by atoms with E-state index >= 15 is 0 Å². The van der Waals surface area contributed by atoms with E-state index in [0.717, 1.165) is 60.6 Å². The number of fused-ring (bicyclic) bond motifs is 1. The number of anilines is 10. The minimum absolute atomic E-state index is 0.00336. The lowest BCUT2D eigenvalue weighted by Gasteiger charge is -2.23. The third-order valence-corrected chi connectivity index (χ3v) is 28.9. The zero-order valence-corrected chi connectivity index (χ0v) is 82.5. The molecule has 14 N–H and O–H groups in total. The van der Waals surface area contributed by atoms with E-state index in [0.29, 0.717) is 113 Å². The maximum absolute atomic E-state index is 13.9. The number of sulfonamides is 4. The van der Waals surface area contributed by atoms with E-state index in [4.69, 9.17) is 28.8 Å². The van der Waals surface area contributed by atoms with Crippen LogP contribution in [0.5, 0.6) is 0 Å². The molecule has 1 fully saturated rings. The number of pyridine rings is 10. The molecule has 0 saturated heterocycles. The number of Topliss-reactive ketones (excluding diaryl/α,β-unsaturated/α-hetero) is 2. The second-order valence-electron chi connectivity index (χ2n) is 32.3. The highest BCUT2D eigenvalue weighted by molar-refractivity contribution is 7.93. The standard InChI is InChI=1S/C22H19N5O3S.C20H17F2N3O3S.C20H20N4O3S.C19H17ClN4O3S.C18H23N5O3S/c1-14(28)26-21-12-17(8-9-24-21)18-11-20(22(23)25-13-18)31(29,30)27-19-7-6-15-4-2-3-5-16(15)10-19;1-12(26)7-16-8-14(5-6-24-16)17-10-23-11-19(13(17)2)25-29(27,28)20-4-3-15(21)9-18(20)22;1-14(25)10-18-11-15(8-9-22-18)16-12-19(20(21-2)23-13-16)28(26,27)24-17-6-4-3-5-7-17;1-12(25)24-18-9-14(6-7-22-18)15-8-17(19(21)23-10-15)28(26,27)11-13-2-4-16(20)5-3-13;1-12(24)22-17-10-13(7-8-20-17)14-9-16(18(19)21-11-14)27(25,26)23-15-5-3-2-4-6-15/h2-13,27H,1H3,(H2,23,25)(H,24,26,28);3-6,8-11,25H,7H2,1-2H3;3-9,11-13,24H,10H2,1-2H3,(H,21,23);2-10H,11H2,1H3,(H2,21,23)(H,22,24,25);7-11,15,23H,2-6H2,1H3,(H2,19,21)(H,20,22,24). The number of hydrogen-bond acceptors (Lipinski definition) is 29. The molecule has 5 aromatic carbocycles. The smallest absolute Gasteiger partial charge is 0.265 e. The predicted octanol–water partition coefficient (Wildman–Crippen LogP) is 16.0. The molecule has 15 aromatic rings. The minimum atomic E-state index is -4.29. The molecule has 1 aliphatic rings. The maximum atomic E-state index is 13.9. The fraction of sp³-hybridized carbons (Fsp3) is 0.162. The molecule has 0 radical (unpaired) electrons. The van der Waals surface area contributed by atoms with Gasteiger partial charge in [-0.25, -0.2) is 90.5 Å². The quantitative estimate of drug-likeness (QED) is 0.0217. The number of ketones is 2. The van der Waals surface area contributed by atoms with Crippen LogP contribution in [0.1, 0.15) is 89.2 Å². The van der Waals surface area contributed by atoms with Gasteiger partial charge in [0.05, 0.1) is 17.6 Å². The first-order valence-electron chi connectivity index (χ1n) is 43.5. The van der Waals surface area contributed by atoms with Gasteiger partial charge in [-0.15, -0.1) is 0 Å². The van der Waals surface area contributed by atoms with Crippen LogP contribution in [0.15, 0.2) is 293 Å². The fourth-order valence-electron chi connectivity index (χ4n) is 14.5. The first-order chi connectivity index (χ1) is 68.0. The molecule has 16 rings (SSSR count). The third-order valence-electron chi connectivity index (χ3n) is 21.1. The van der Waals surface area contributed by atoms with Crippen LogP contribution in [0.3, 0.4) is 0 Å². The molecule has 10 aromatic heterocycles. The number of nitrogens with zero attached hydrogens (tertiary/aromatic N) is 10. The van der Waals surface area contributed by atoms with Gasteiger partial charge in [-0.05, 0) is 217 Å². The van der Waals surface area contributed by atoms with Crippen LogP contribution >= 0.6 is 11.6 Å². The second-order valence-corrected chi connectivity index (χ2v) is 41.4. The van der Waals surface area contributed by atoms with Crippen LogP contribution in [0.25, 0.3) is 66.4 Å². The highest BCUT2D eigenvalue weighted by Gasteiger charge is 2.29. The number of carbonyl (C=O) groups excluding carboxylic acids is 5. The topological polar surface area (TPSA) is 559 Å². The van der Waals surface area contributed by atoms with E-state index in [2.05, 4.69) is 90.0 Å². The lowest BCUT2D eigenvalue weighted by Crippen LogP contribution is -2.36. The Morgan fingerprint density at radius 2 is 0.839 bits per heavy atom. The van der Waals surface area contributed by atoms with Crippen molar-refractivity contribution in [1.82, 2.24) is 54.6 Å². The molecule has 143 heavy (non-hydrogen) atoms. The highest BCUT2D eigenvalue weighted by atomic mass is 35.5. The fourth-order valence-corrected chi connectivity index (χ4v) is 21.0. The maximum Gasteiger partial charge on any atom is 0.265 e. The molecule has 0 spiro atoms. The summed E-state index contributed by atoms with van der Waals surface area (Å²) in [5.74, 6) is -2.00. The van der Waals surface area contributed by atoms with Gasteiger partial charge >= 0.3 is 0 Å². The Bertz CT molecular complexity index is 7910. The lowest BCUT2D eigenvalue weighted by atomic mass is 9.96. The number of para-hydroxylation sites is 1. The van der Waals surface area contributed by atoms with Gasteiger partial charge in [0.15, 0.2) is 9.84 Å². The summed E-state index contributed by atoms with van der Waals surface area (Å²) in [7, 11) is -18.0. The summed E-state index contributed by atoms with van der Waals surface area (Å²) in [5, 5.41) is 13.0. The van der Waals surface area contributed by atoms with Gasteiger partial charge < -0.3 is 38.5 Å². The molecule has 0 unspecified atom stereocenters. The number of carbonyl (C=O) groups is 5. The molecule has 0 bridgehead atoms. The van der Waals surface area contributed by atoms with Crippen molar-refractivity contribution in [2.24, 2.45) is 0 Å². The Morgan fingerprint density at radius 3 is 1.35 bits per heavy atom. The van der Waals surface area contributed by atoms with Crippen molar-refractivity contribution in [2.45, 2.75) is 123 Å². The van der Waals surface area contributed by atoms with Crippen LogP contribution < -0.4 is 57.4 Å². The first kappa shape index (κ1) is 106. The molecule has 36 nitrogen and oxygen atoms in total. The summed E-state index contributed by atoms with van der Waals surface area (Å²) in [6.45, 7) is 8.78. The first-order valence-corrected chi connectivity index (χ1v) is 51.5. The van der Waals surface area contributed by atoms with Crippen molar-refractivity contribution in [3.05, 3.63) is 308 Å². The van der Waals surface area contributed by atoms with Gasteiger partial charge in [0, 0.05) is 170 Å². The zero-order chi connectivity index (χ0) is 103. The highest BCUT2D eigenvalue weighted by Crippen LogP contribution is 2.36. The lowest BCUT2D eigenvalue weighted by molar-refractivity contribution is -0.117. The Morgan fingerprint density at radius 1 is 0.399 bits per heavy atom. The number of halogens is 3. The van der Waals surface area contributed by atoms with E-state index < -0.39 is 66.5 Å². The van der Waals surface area contributed by atoms with Gasteiger partial charge in [0.1, 0.15) is 88.4 Å². The normalized spacial score (nSPS) is 12.0. The van der Waals surface area contributed by atoms with Gasteiger partial charge in [0.25, 0.3) is 30.1 Å². The summed E-state index contributed by atoms with van der Waals surface area (Å²) in [6, 6.07) is 53.2. The molecule has 44 heteroatoms. The summed E-state index contributed by atoms with van der Waals surface area (Å²) in [5.41, 5.74) is 27.2. The second kappa shape index (κ2) is 47.4. The van der Waals surface area contributed by atoms with Gasteiger partial charge in [0.2, 0.25) is 27.7 Å². The molecule has 1 saturated carbocycles. The number of aromatic nitrogens is 10.